The van der Waals surface area contributed by atoms with E-state index in [2.05, 4.69) is 15.7 Å². The molecule has 0 saturated carbocycles. The zero-order chi connectivity index (χ0) is 18.5. The Labute approximate surface area is 155 Å². The second-order valence-corrected chi connectivity index (χ2v) is 6.83. The maximum atomic E-state index is 13.2. The van der Waals surface area contributed by atoms with Crippen LogP contribution in [0.3, 0.4) is 0 Å². The summed E-state index contributed by atoms with van der Waals surface area (Å²) < 4.78 is 19.9. The molecule has 138 valence electrons. The molecule has 0 aliphatic carbocycles. The summed E-state index contributed by atoms with van der Waals surface area (Å²) in [5.41, 5.74) is 1.60. The number of hydrogen-bond acceptors (Lipinski definition) is 5. The van der Waals surface area contributed by atoms with Gasteiger partial charge < -0.3 is 15.4 Å². The van der Waals surface area contributed by atoms with E-state index in [9.17, 15) is 9.18 Å². The molecule has 2 N–H and O–H groups in total. The zero-order valence-electron chi connectivity index (χ0n) is 14.7. The van der Waals surface area contributed by atoms with Crippen molar-refractivity contribution in [1.29, 1.82) is 0 Å². The number of ether oxygens (including phenoxy) is 1. The summed E-state index contributed by atoms with van der Waals surface area (Å²) in [5, 5.41) is 11.5. The fourth-order valence-electron chi connectivity index (χ4n) is 2.57. The van der Waals surface area contributed by atoms with Gasteiger partial charge in [0, 0.05) is 32.1 Å². The van der Waals surface area contributed by atoms with Crippen molar-refractivity contribution < 1.29 is 13.9 Å². The zero-order valence-corrected chi connectivity index (χ0v) is 15.5. The molecule has 26 heavy (non-hydrogen) atoms. The summed E-state index contributed by atoms with van der Waals surface area (Å²) in [4.78, 5) is 13.9. The molecule has 8 heteroatoms. The van der Waals surface area contributed by atoms with Crippen LogP contribution in [-0.2, 0) is 4.74 Å². The molecule has 0 radical (unpaired) electrons. The third kappa shape index (κ3) is 4.09. The maximum absolute atomic E-state index is 13.2. The van der Waals surface area contributed by atoms with Crippen LogP contribution in [0.2, 0.25) is 0 Å². The Morgan fingerprint density at radius 3 is 2.77 bits per heavy atom. The maximum Gasteiger partial charge on any atom is 0.261 e. The van der Waals surface area contributed by atoms with Gasteiger partial charge in [-0.3, -0.25) is 4.79 Å². The molecule has 0 saturated heterocycles. The van der Waals surface area contributed by atoms with E-state index in [0.29, 0.717) is 24.6 Å². The lowest BCUT2D eigenvalue weighted by Crippen LogP contribution is -2.32. The Morgan fingerprint density at radius 1 is 1.27 bits per heavy atom. The molecule has 3 aromatic rings. The molecular weight excluding hydrogens is 355 g/mol. The summed E-state index contributed by atoms with van der Waals surface area (Å²) in [6.45, 7) is 4.52. The molecule has 0 fully saturated rings. The first-order chi connectivity index (χ1) is 12.6. The summed E-state index contributed by atoms with van der Waals surface area (Å²) in [6, 6.07) is 8.00. The molecule has 1 amide bonds. The SMILES string of the molecule is COCCNCCNC(=O)c1cc2c(C)nn(-c3ccc(F)cc3)c2s1. The number of amides is 1. The van der Waals surface area contributed by atoms with Crippen molar-refractivity contribution in [2.75, 3.05) is 33.4 Å². The fourth-order valence-corrected chi connectivity index (χ4v) is 3.67. The number of halogens is 1. The Morgan fingerprint density at radius 2 is 2.04 bits per heavy atom. The largest absolute Gasteiger partial charge is 0.383 e. The van der Waals surface area contributed by atoms with Crippen molar-refractivity contribution in [2.24, 2.45) is 0 Å². The van der Waals surface area contributed by atoms with E-state index in [1.165, 1.54) is 23.5 Å². The van der Waals surface area contributed by atoms with Crippen LogP contribution in [0.4, 0.5) is 4.39 Å². The molecule has 0 bridgehead atoms. The van der Waals surface area contributed by atoms with Crippen LogP contribution in [0.1, 0.15) is 15.4 Å². The van der Waals surface area contributed by atoms with E-state index in [4.69, 9.17) is 4.74 Å². The first-order valence-corrected chi connectivity index (χ1v) is 9.14. The Hall–Kier alpha value is -2.29. The molecule has 6 nitrogen and oxygen atoms in total. The number of aromatic nitrogens is 2. The quantitative estimate of drug-likeness (QED) is 0.593. The van der Waals surface area contributed by atoms with Gasteiger partial charge in [0.15, 0.2) is 0 Å². The van der Waals surface area contributed by atoms with Crippen LogP contribution in [0, 0.1) is 12.7 Å². The minimum Gasteiger partial charge on any atom is -0.383 e. The average Bonchev–Trinajstić information content (AvgIpc) is 3.20. The molecule has 2 aromatic heterocycles. The van der Waals surface area contributed by atoms with E-state index >= 15 is 0 Å². The lowest BCUT2D eigenvalue weighted by Gasteiger charge is -2.05. The average molecular weight is 376 g/mol. The Kier molecular flexibility index (Phi) is 5.97. The first kappa shape index (κ1) is 18.5. The van der Waals surface area contributed by atoms with Crippen LogP contribution < -0.4 is 10.6 Å². The monoisotopic (exact) mass is 376 g/mol. The number of fused-ring (bicyclic) bond motifs is 1. The number of rotatable bonds is 8. The van der Waals surface area contributed by atoms with Gasteiger partial charge in [-0.2, -0.15) is 5.10 Å². The van der Waals surface area contributed by atoms with Crippen LogP contribution in [0.5, 0.6) is 0 Å². The topological polar surface area (TPSA) is 68.2 Å². The number of hydrogen-bond donors (Lipinski definition) is 2. The van der Waals surface area contributed by atoms with Crippen molar-refractivity contribution in [3.8, 4) is 5.69 Å². The molecule has 0 spiro atoms. The van der Waals surface area contributed by atoms with E-state index in [1.807, 2.05) is 13.0 Å². The lowest BCUT2D eigenvalue weighted by molar-refractivity contribution is 0.0958. The minimum absolute atomic E-state index is 0.107. The van der Waals surface area contributed by atoms with Gasteiger partial charge in [0.05, 0.1) is 22.9 Å². The predicted molar refractivity (Wildman–Crippen MR) is 101 cm³/mol. The number of methoxy groups -OCH3 is 1. The van der Waals surface area contributed by atoms with Crippen molar-refractivity contribution in [2.45, 2.75) is 6.92 Å². The van der Waals surface area contributed by atoms with Crippen molar-refractivity contribution >= 4 is 27.5 Å². The Balaban J connectivity index is 1.72. The highest BCUT2D eigenvalue weighted by atomic mass is 32.1. The summed E-state index contributed by atoms with van der Waals surface area (Å²) >= 11 is 1.38. The molecule has 0 aliphatic rings. The fraction of sp³-hybridized carbons (Fsp3) is 0.333. The summed E-state index contributed by atoms with van der Waals surface area (Å²) in [6.07, 6.45) is 0. The van der Waals surface area contributed by atoms with Gasteiger partial charge in [-0.25, -0.2) is 9.07 Å². The van der Waals surface area contributed by atoms with Gasteiger partial charge in [0.25, 0.3) is 5.91 Å². The molecular formula is C18H21FN4O2S. The van der Waals surface area contributed by atoms with Crippen molar-refractivity contribution in [1.82, 2.24) is 20.4 Å². The number of thiophene rings is 1. The number of carbonyl (C=O) groups excluding carboxylic acids is 1. The third-order valence-corrected chi connectivity index (χ3v) is 5.02. The molecule has 0 unspecified atom stereocenters. The lowest BCUT2D eigenvalue weighted by atomic mass is 10.3. The number of nitrogens with zero attached hydrogens (tertiary/aromatic N) is 2. The van der Waals surface area contributed by atoms with Gasteiger partial charge in [-0.15, -0.1) is 11.3 Å². The predicted octanol–water partition coefficient (Wildman–Crippen LogP) is 2.50. The Bertz CT molecular complexity index is 889. The van der Waals surface area contributed by atoms with E-state index in [1.54, 1.807) is 23.9 Å². The highest BCUT2D eigenvalue weighted by molar-refractivity contribution is 7.20. The smallest absolute Gasteiger partial charge is 0.261 e. The second kappa shape index (κ2) is 8.39. The molecule has 1 aromatic carbocycles. The van der Waals surface area contributed by atoms with Gasteiger partial charge >= 0.3 is 0 Å². The second-order valence-electron chi connectivity index (χ2n) is 5.80. The standard InChI is InChI=1S/C18H21FN4O2S/c1-12-15-11-16(17(24)21-8-7-20-9-10-25-2)26-18(15)23(22-12)14-5-3-13(19)4-6-14/h3-6,11,20H,7-10H2,1-2H3,(H,21,24). The van der Waals surface area contributed by atoms with Crippen LogP contribution in [-0.4, -0.2) is 49.0 Å². The van der Waals surface area contributed by atoms with Gasteiger partial charge in [-0.1, -0.05) is 0 Å². The van der Waals surface area contributed by atoms with Gasteiger partial charge in [0.2, 0.25) is 0 Å². The molecule has 0 aliphatic heterocycles. The van der Waals surface area contributed by atoms with Crippen LogP contribution in [0.15, 0.2) is 30.3 Å². The summed E-state index contributed by atoms with van der Waals surface area (Å²) in [5.74, 6) is -0.399. The number of benzene rings is 1. The highest BCUT2D eigenvalue weighted by Crippen LogP contribution is 2.30. The van der Waals surface area contributed by atoms with Crippen molar-refractivity contribution in [3.63, 3.8) is 0 Å². The van der Waals surface area contributed by atoms with Crippen LogP contribution >= 0.6 is 11.3 Å². The first-order valence-electron chi connectivity index (χ1n) is 8.33. The highest BCUT2D eigenvalue weighted by Gasteiger charge is 2.17. The number of carbonyl (C=O) groups is 1. The van der Waals surface area contributed by atoms with E-state index in [-0.39, 0.29) is 11.7 Å². The van der Waals surface area contributed by atoms with Gasteiger partial charge in [0.1, 0.15) is 10.6 Å². The van der Waals surface area contributed by atoms with E-state index in [0.717, 1.165) is 28.1 Å². The molecule has 3 rings (SSSR count). The molecule has 0 atom stereocenters. The molecule has 2 heterocycles. The number of nitrogens with one attached hydrogen (secondary N) is 2. The van der Waals surface area contributed by atoms with E-state index < -0.39 is 0 Å². The number of aryl methyl sites for hydroxylation is 1. The van der Waals surface area contributed by atoms with Gasteiger partial charge in [-0.05, 0) is 37.3 Å². The third-order valence-electron chi connectivity index (χ3n) is 3.91. The van der Waals surface area contributed by atoms with Crippen LogP contribution in [0.25, 0.3) is 15.9 Å². The minimum atomic E-state index is -0.292. The normalized spacial score (nSPS) is 11.2. The summed E-state index contributed by atoms with van der Waals surface area (Å²) in [7, 11) is 1.65. The van der Waals surface area contributed by atoms with Crippen molar-refractivity contribution in [3.05, 3.63) is 46.7 Å².